The summed E-state index contributed by atoms with van der Waals surface area (Å²) in [6, 6.07) is 19.6. The van der Waals surface area contributed by atoms with E-state index in [4.69, 9.17) is 0 Å². The van der Waals surface area contributed by atoms with Crippen LogP contribution in [0.25, 0.3) is 0 Å². The molecule has 0 aliphatic rings. The zero-order valence-corrected chi connectivity index (χ0v) is 13.7. The van der Waals surface area contributed by atoms with Crippen LogP contribution in [0.5, 0.6) is 0 Å². The van der Waals surface area contributed by atoms with Crippen LogP contribution in [-0.2, 0) is 11.8 Å². The minimum Gasteiger partial charge on any atom is -0.0989 e. The van der Waals surface area contributed by atoms with Crippen LogP contribution in [-0.4, -0.2) is 0 Å². The first-order chi connectivity index (χ1) is 9.88. The second-order valence-corrected chi connectivity index (χ2v) is 6.91. The second-order valence-electron chi connectivity index (χ2n) is 6.91. The molecule has 0 aliphatic carbocycles. The summed E-state index contributed by atoms with van der Waals surface area (Å²) in [4.78, 5) is 0. The summed E-state index contributed by atoms with van der Waals surface area (Å²) in [7, 11) is 0. The van der Waals surface area contributed by atoms with Crippen molar-refractivity contribution in [2.75, 3.05) is 0 Å². The Morgan fingerprint density at radius 1 is 0.952 bits per heavy atom. The van der Waals surface area contributed by atoms with Crippen LogP contribution < -0.4 is 0 Å². The second kappa shape index (κ2) is 6.30. The van der Waals surface area contributed by atoms with Gasteiger partial charge in [0, 0.05) is 5.92 Å². The lowest BCUT2D eigenvalue weighted by molar-refractivity contribution is 0.590. The largest absolute Gasteiger partial charge is 0.0989 e. The van der Waals surface area contributed by atoms with Crippen molar-refractivity contribution in [3.05, 3.63) is 83.4 Å². The van der Waals surface area contributed by atoms with Gasteiger partial charge in [-0.2, -0.15) is 0 Å². The van der Waals surface area contributed by atoms with Gasteiger partial charge in [-0.15, -0.1) is 0 Å². The Morgan fingerprint density at radius 2 is 1.52 bits per heavy atom. The van der Waals surface area contributed by atoms with Gasteiger partial charge in [0.15, 0.2) is 0 Å². The van der Waals surface area contributed by atoms with Gasteiger partial charge in [0.1, 0.15) is 0 Å². The lowest BCUT2D eigenvalue weighted by atomic mass is 9.84. The van der Waals surface area contributed by atoms with E-state index in [0.717, 1.165) is 6.42 Å². The van der Waals surface area contributed by atoms with Gasteiger partial charge in [-0.3, -0.25) is 0 Å². The number of hydrogen-bond donors (Lipinski definition) is 0. The van der Waals surface area contributed by atoms with Crippen LogP contribution in [0.1, 0.15) is 50.3 Å². The average Bonchev–Trinajstić information content (AvgIpc) is 2.46. The van der Waals surface area contributed by atoms with Crippen LogP contribution >= 0.6 is 0 Å². The molecule has 2 aromatic rings. The van der Waals surface area contributed by atoms with Crippen molar-refractivity contribution in [3.8, 4) is 0 Å². The van der Waals surface area contributed by atoms with E-state index < -0.39 is 0 Å². The smallest absolute Gasteiger partial charge is 0.00204 e. The average molecular weight is 278 g/mol. The molecule has 0 bridgehead atoms. The summed E-state index contributed by atoms with van der Waals surface area (Å²) < 4.78 is 0. The highest BCUT2D eigenvalue weighted by Crippen LogP contribution is 2.28. The van der Waals surface area contributed by atoms with E-state index in [9.17, 15) is 0 Å². The Kier molecular flexibility index (Phi) is 4.67. The van der Waals surface area contributed by atoms with Crippen molar-refractivity contribution in [2.24, 2.45) is 0 Å². The maximum Gasteiger partial charge on any atom is 0.00204 e. The third-order valence-corrected chi connectivity index (χ3v) is 4.16. The van der Waals surface area contributed by atoms with Crippen LogP contribution in [0.4, 0.5) is 0 Å². The Balaban J connectivity index is 2.09. The lowest BCUT2D eigenvalue weighted by Gasteiger charge is -2.21. The fourth-order valence-corrected chi connectivity index (χ4v) is 2.52. The van der Waals surface area contributed by atoms with Gasteiger partial charge in [0.25, 0.3) is 0 Å². The summed E-state index contributed by atoms with van der Waals surface area (Å²) in [6.07, 6.45) is 0.947. The van der Waals surface area contributed by atoms with Gasteiger partial charge < -0.3 is 0 Å². The van der Waals surface area contributed by atoms with Crippen molar-refractivity contribution >= 4 is 0 Å². The van der Waals surface area contributed by atoms with Gasteiger partial charge in [0.2, 0.25) is 0 Å². The molecule has 21 heavy (non-hydrogen) atoms. The van der Waals surface area contributed by atoms with Gasteiger partial charge >= 0.3 is 0 Å². The first-order valence-corrected chi connectivity index (χ1v) is 7.70. The molecule has 110 valence electrons. The van der Waals surface area contributed by atoms with Crippen LogP contribution in [0.15, 0.2) is 66.7 Å². The normalized spacial score (nSPS) is 13.0. The predicted octanol–water partition coefficient (Wildman–Crippen LogP) is 5.89. The molecule has 0 aliphatic heterocycles. The fraction of sp³-hybridized carbons (Fsp3) is 0.333. The third-order valence-electron chi connectivity index (χ3n) is 4.16. The SMILES string of the molecule is C=C(Cc1ccccc1)C(C)c1ccc(C(C)(C)C)cc1. The molecule has 0 N–H and O–H groups in total. The van der Waals surface area contributed by atoms with E-state index in [-0.39, 0.29) is 5.41 Å². The van der Waals surface area contributed by atoms with E-state index in [0.29, 0.717) is 5.92 Å². The molecule has 2 rings (SSSR count). The van der Waals surface area contributed by atoms with Gasteiger partial charge in [-0.05, 0) is 28.5 Å². The van der Waals surface area contributed by atoms with Crippen LogP contribution in [0, 0.1) is 0 Å². The lowest BCUT2D eigenvalue weighted by Crippen LogP contribution is -2.11. The number of rotatable bonds is 4. The Bertz CT molecular complexity index is 582. The summed E-state index contributed by atoms with van der Waals surface area (Å²) in [5.41, 5.74) is 5.55. The predicted molar refractivity (Wildman–Crippen MR) is 92.8 cm³/mol. The Labute approximate surface area is 129 Å². The van der Waals surface area contributed by atoms with E-state index >= 15 is 0 Å². The first kappa shape index (κ1) is 15.6. The molecule has 0 saturated carbocycles. The van der Waals surface area contributed by atoms with Gasteiger partial charge in [-0.1, -0.05) is 94.4 Å². The molecule has 1 atom stereocenters. The highest BCUT2D eigenvalue weighted by Gasteiger charge is 2.15. The molecule has 0 aromatic heterocycles. The first-order valence-electron chi connectivity index (χ1n) is 7.70. The molecule has 0 heteroatoms. The van der Waals surface area contributed by atoms with Crippen molar-refractivity contribution in [2.45, 2.75) is 45.4 Å². The minimum absolute atomic E-state index is 0.211. The number of hydrogen-bond acceptors (Lipinski definition) is 0. The third kappa shape index (κ3) is 4.07. The van der Waals surface area contributed by atoms with Crippen molar-refractivity contribution in [1.29, 1.82) is 0 Å². The molecule has 0 nitrogen and oxygen atoms in total. The van der Waals surface area contributed by atoms with Crippen molar-refractivity contribution in [1.82, 2.24) is 0 Å². The molecule has 0 spiro atoms. The minimum atomic E-state index is 0.211. The molecule has 0 amide bonds. The van der Waals surface area contributed by atoms with Crippen molar-refractivity contribution in [3.63, 3.8) is 0 Å². The number of allylic oxidation sites excluding steroid dienone is 1. The molecule has 0 heterocycles. The summed E-state index contributed by atoms with van der Waals surface area (Å²) in [5.74, 6) is 0.388. The highest BCUT2D eigenvalue weighted by atomic mass is 14.2. The number of benzene rings is 2. The molecule has 1 unspecified atom stereocenters. The zero-order chi connectivity index (χ0) is 15.5. The Hall–Kier alpha value is -1.82. The highest BCUT2D eigenvalue weighted by molar-refractivity contribution is 5.34. The van der Waals surface area contributed by atoms with E-state index in [1.54, 1.807) is 0 Å². The molecule has 0 saturated heterocycles. The van der Waals surface area contributed by atoms with Crippen LogP contribution in [0.2, 0.25) is 0 Å². The monoisotopic (exact) mass is 278 g/mol. The van der Waals surface area contributed by atoms with Gasteiger partial charge in [0.05, 0.1) is 0 Å². The molecule has 0 fully saturated rings. The van der Waals surface area contributed by atoms with Crippen LogP contribution in [0.3, 0.4) is 0 Å². The van der Waals surface area contributed by atoms with Gasteiger partial charge in [-0.25, -0.2) is 0 Å². The fourth-order valence-electron chi connectivity index (χ4n) is 2.52. The summed E-state index contributed by atoms with van der Waals surface area (Å²) in [5, 5.41) is 0. The topological polar surface area (TPSA) is 0 Å². The summed E-state index contributed by atoms with van der Waals surface area (Å²) >= 11 is 0. The van der Waals surface area contributed by atoms with E-state index in [1.807, 2.05) is 0 Å². The van der Waals surface area contributed by atoms with E-state index in [2.05, 4.69) is 88.9 Å². The molecule has 0 radical (unpaired) electrons. The quantitative estimate of drug-likeness (QED) is 0.612. The maximum atomic E-state index is 4.30. The molecular weight excluding hydrogens is 252 g/mol. The maximum absolute atomic E-state index is 4.30. The summed E-state index contributed by atoms with van der Waals surface area (Å²) in [6.45, 7) is 13.3. The van der Waals surface area contributed by atoms with Crippen molar-refractivity contribution < 1.29 is 0 Å². The van der Waals surface area contributed by atoms with E-state index in [1.165, 1.54) is 22.3 Å². The molecular formula is C21H26. The Morgan fingerprint density at radius 3 is 2.05 bits per heavy atom. The standard InChI is InChI=1S/C21H26/c1-16(15-18-9-7-6-8-10-18)17(2)19-11-13-20(14-12-19)21(3,4)5/h6-14,17H,1,15H2,2-5H3. The molecule has 2 aromatic carbocycles. The zero-order valence-electron chi connectivity index (χ0n) is 13.7.